The van der Waals surface area contributed by atoms with Crippen LogP contribution in [0.3, 0.4) is 0 Å². The van der Waals surface area contributed by atoms with Crippen molar-refractivity contribution in [1.82, 2.24) is 19.5 Å². The second-order valence-electron chi connectivity index (χ2n) is 7.47. The molecule has 1 fully saturated rings. The van der Waals surface area contributed by atoms with Gasteiger partial charge < -0.3 is 19.5 Å². The number of imidazole rings is 1. The molecule has 3 atom stereocenters. The van der Waals surface area contributed by atoms with Crippen molar-refractivity contribution in [1.29, 1.82) is 0 Å². The minimum absolute atomic E-state index is 0.0219. The van der Waals surface area contributed by atoms with E-state index in [1.54, 1.807) is 25.3 Å². The molecular weight excluding hydrogens is 374 g/mol. The average Bonchev–Trinajstić information content (AvgIpc) is 3.06. The summed E-state index contributed by atoms with van der Waals surface area (Å²) in [6.07, 6.45) is 0.489. The maximum atomic E-state index is 12.0. The van der Waals surface area contributed by atoms with Crippen LogP contribution in [0, 0.1) is 5.92 Å². The first-order valence-electron chi connectivity index (χ1n) is 8.48. The van der Waals surface area contributed by atoms with Gasteiger partial charge in [0, 0.05) is 5.92 Å². The number of rotatable bonds is 3. The summed E-state index contributed by atoms with van der Waals surface area (Å²) >= 11 is 6.19. The number of carbonyl (C=O) groups is 1. The van der Waals surface area contributed by atoms with E-state index < -0.39 is 23.7 Å². The van der Waals surface area contributed by atoms with E-state index in [1.807, 2.05) is 0 Å². The van der Waals surface area contributed by atoms with Crippen LogP contribution in [0.25, 0.3) is 11.2 Å². The third-order valence-electron chi connectivity index (χ3n) is 4.36. The molecule has 2 heterocycles. The average molecular weight is 396 g/mol. The van der Waals surface area contributed by atoms with Gasteiger partial charge in [-0.3, -0.25) is 5.32 Å². The topological polar surface area (TPSA) is 122 Å². The fourth-order valence-corrected chi connectivity index (χ4v) is 3.34. The molecule has 9 nitrogen and oxygen atoms in total. The van der Waals surface area contributed by atoms with Crippen molar-refractivity contribution < 1.29 is 19.7 Å². The van der Waals surface area contributed by atoms with Gasteiger partial charge in [0.2, 0.25) is 5.95 Å². The Hall–Kier alpha value is -2.23. The number of hydrogen-bond acceptors (Lipinski definition) is 7. The lowest BCUT2D eigenvalue weighted by Gasteiger charge is -2.19. The molecule has 0 radical (unpaired) electrons. The molecule has 0 spiro atoms. The van der Waals surface area contributed by atoms with Crippen molar-refractivity contribution in [3.8, 4) is 0 Å². The zero-order valence-corrected chi connectivity index (χ0v) is 16.1. The van der Waals surface area contributed by atoms with Crippen LogP contribution in [0.2, 0.25) is 5.15 Å². The number of nitrogens with one attached hydrogen (secondary N) is 1. The molecule has 10 heteroatoms. The number of aliphatic hydroxyl groups excluding tert-OH is 2. The minimum atomic E-state index is -0.707. The van der Waals surface area contributed by atoms with E-state index in [9.17, 15) is 15.0 Å². The van der Waals surface area contributed by atoms with Gasteiger partial charge in [0.1, 0.15) is 11.1 Å². The van der Waals surface area contributed by atoms with Gasteiger partial charge in [0.25, 0.3) is 0 Å². The number of anilines is 1. The predicted molar refractivity (Wildman–Crippen MR) is 99.6 cm³/mol. The lowest BCUT2D eigenvalue weighted by molar-refractivity contribution is 0.0634. The van der Waals surface area contributed by atoms with Crippen LogP contribution in [-0.2, 0) is 4.74 Å². The van der Waals surface area contributed by atoms with E-state index in [1.165, 1.54) is 6.33 Å². The second-order valence-corrected chi connectivity index (χ2v) is 7.83. The summed E-state index contributed by atoms with van der Waals surface area (Å²) in [4.78, 5) is 24.6. The van der Waals surface area contributed by atoms with Gasteiger partial charge in [0.15, 0.2) is 10.8 Å². The Morgan fingerprint density at radius 1 is 1.48 bits per heavy atom. The Morgan fingerprint density at radius 3 is 2.78 bits per heavy atom. The molecule has 1 saturated carbocycles. The quantitative estimate of drug-likeness (QED) is 0.538. The number of amides is 1. The monoisotopic (exact) mass is 395 g/mol. The van der Waals surface area contributed by atoms with Crippen LogP contribution in [0.5, 0.6) is 0 Å². The van der Waals surface area contributed by atoms with E-state index in [2.05, 4.69) is 26.8 Å². The molecule has 1 aliphatic rings. The van der Waals surface area contributed by atoms with Crippen molar-refractivity contribution in [2.24, 2.45) is 5.92 Å². The highest BCUT2D eigenvalue weighted by atomic mass is 35.5. The molecule has 2 aromatic heterocycles. The molecule has 2 aromatic rings. The first-order chi connectivity index (χ1) is 12.6. The van der Waals surface area contributed by atoms with Gasteiger partial charge >= 0.3 is 6.09 Å². The summed E-state index contributed by atoms with van der Waals surface area (Å²) in [7, 11) is 0. The largest absolute Gasteiger partial charge is 0.444 e. The molecule has 3 rings (SSSR count). The van der Waals surface area contributed by atoms with Gasteiger partial charge in [-0.15, -0.1) is 0 Å². The first-order valence-corrected chi connectivity index (χ1v) is 8.86. The van der Waals surface area contributed by atoms with Crippen LogP contribution in [0.4, 0.5) is 10.7 Å². The van der Waals surface area contributed by atoms with Crippen LogP contribution in [0.15, 0.2) is 18.5 Å². The minimum Gasteiger partial charge on any atom is -0.444 e. The first kappa shape index (κ1) is 19.5. The summed E-state index contributed by atoms with van der Waals surface area (Å²) in [6, 6.07) is -0.303. The highest BCUT2D eigenvalue weighted by Gasteiger charge is 2.38. The summed E-state index contributed by atoms with van der Waals surface area (Å²) in [6.45, 7) is 9.04. The number of aliphatic hydroxyl groups is 2. The Labute approximate surface area is 161 Å². The van der Waals surface area contributed by atoms with Crippen LogP contribution >= 0.6 is 11.6 Å². The Bertz CT molecular complexity index is 891. The van der Waals surface area contributed by atoms with E-state index in [4.69, 9.17) is 16.3 Å². The molecular formula is C17H22ClN5O4. The lowest BCUT2D eigenvalue weighted by Crippen LogP contribution is -2.27. The van der Waals surface area contributed by atoms with Crippen LogP contribution in [0.1, 0.15) is 33.2 Å². The maximum absolute atomic E-state index is 12.0. The van der Waals surface area contributed by atoms with Gasteiger partial charge in [-0.1, -0.05) is 18.2 Å². The fourth-order valence-electron chi connectivity index (χ4n) is 3.13. The summed E-state index contributed by atoms with van der Waals surface area (Å²) in [5, 5.41) is 22.1. The fraction of sp³-hybridized carbons (Fsp3) is 0.529. The van der Waals surface area contributed by atoms with E-state index in [0.29, 0.717) is 23.2 Å². The summed E-state index contributed by atoms with van der Waals surface area (Å²) < 4.78 is 6.91. The summed E-state index contributed by atoms with van der Waals surface area (Å²) in [5.74, 6) is -0.435. The highest BCUT2D eigenvalue weighted by Crippen LogP contribution is 2.40. The second kappa shape index (κ2) is 7.06. The van der Waals surface area contributed by atoms with E-state index in [-0.39, 0.29) is 23.8 Å². The van der Waals surface area contributed by atoms with Crippen LogP contribution < -0.4 is 5.32 Å². The number of halogens is 1. The number of carbonyl (C=O) groups excluding carboxylic acids is 1. The molecule has 146 valence electrons. The molecule has 0 saturated heterocycles. The zero-order valence-electron chi connectivity index (χ0n) is 15.3. The molecule has 0 aliphatic heterocycles. The Kier molecular flexibility index (Phi) is 5.11. The van der Waals surface area contributed by atoms with E-state index in [0.717, 1.165) is 0 Å². The predicted octanol–water partition coefficient (Wildman–Crippen LogP) is 2.30. The van der Waals surface area contributed by atoms with Crippen molar-refractivity contribution >= 4 is 34.8 Å². The molecule has 3 N–H and O–H groups in total. The molecule has 27 heavy (non-hydrogen) atoms. The molecule has 0 bridgehead atoms. The molecule has 0 aromatic carbocycles. The van der Waals surface area contributed by atoms with Gasteiger partial charge in [-0.25, -0.2) is 9.78 Å². The number of ether oxygens (including phenoxy) is 1. The third-order valence-corrected chi connectivity index (χ3v) is 4.62. The number of fused-ring (bicyclic) bond motifs is 1. The van der Waals surface area contributed by atoms with Crippen molar-refractivity contribution in [2.45, 2.75) is 44.9 Å². The van der Waals surface area contributed by atoms with Crippen molar-refractivity contribution in [3.63, 3.8) is 0 Å². The van der Waals surface area contributed by atoms with Gasteiger partial charge in [-0.2, -0.15) is 9.97 Å². The maximum Gasteiger partial charge on any atom is 0.414 e. The smallest absolute Gasteiger partial charge is 0.414 e. The number of aromatic nitrogens is 4. The van der Waals surface area contributed by atoms with Gasteiger partial charge in [-0.05, 0) is 32.8 Å². The third kappa shape index (κ3) is 3.90. The van der Waals surface area contributed by atoms with Crippen molar-refractivity contribution in [3.05, 3.63) is 23.6 Å². The number of nitrogens with zero attached hydrogens (tertiary/aromatic N) is 4. The highest BCUT2D eigenvalue weighted by molar-refractivity contribution is 6.33. The normalized spacial score (nSPS) is 23.0. The molecule has 1 amide bonds. The SMILES string of the molecule is C=C1[C@H](CO)[C@@H](O)C[C@@H]1n1cnc2c(Cl)nc(NC(=O)OC(C)(C)C)nc21. The Balaban J connectivity index is 1.94. The van der Waals surface area contributed by atoms with Crippen molar-refractivity contribution in [2.75, 3.05) is 11.9 Å². The van der Waals surface area contributed by atoms with Crippen LogP contribution in [-0.4, -0.2) is 54.1 Å². The molecule has 0 unspecified atom stereocenters. The number of hydrogen-bond donors (Lipinski definition) is 3. The Morgan fingerprint density at radius 2 is 2.19 bits per heavy atom. The molecule has 1 aliphatic carbocycles. The zero-order chi connectivity index (χ0) is 19.9. The standard InChI is InChI=1S/C17H22ClN5O4/c1-8-9(6-24)11(25)5-10(8)23-7-19-12-13(18)20-15(21-14(12)23)22-16(26)27-17(2,3)4/h7,9-11,24-25H,1,5-6H2,2-4H3,(H,20,21,22,26)/t9-,10-,11-/m0/s1. The van der Waals surface area contributed by atoms with Gasteiger partial charge in [0.05, 0.1) is 25.1 Å². The van der Waals surface area contributed by atoms with E-state index >= 15 is 0 Å². The summed E-state index contributed by atoms with van der Waals surface area (Å²) in [5.41, 5.74) is 0.761. The lowest BCUT2D eigenvalue weighted by atomic mass is 10.0.